The molecule has 0 bridgehead atoms. The Balaban J connectivity index is 1.80. The van der Waals surface area contributed by atoms with Crippen LogP contribution in [0.2, 0.25) is 18.1 Å². The van der Waals surface area contributed by atoms with Crippen molar-refractivity contribution >= 4 is 14.2 Å². The first kappa shape index (κ1) is 23.5. The summed E-state index contributed by atoms with van der Waals surface area (Å²) in [6, 6.07) is 14.8. The Labute approximate surface area is 188 Å². The summed E-state index contributed by atoms with van der Waals surface area (Å²) in [5, 5.41) is 0.166. The van der Waals surface area contributed by atoms with Crippen molar-refractivity contribution in [3.05, 3.63) is 53.6 Å². The van der Waals surface area contributed by atoms with E-state index in [-0.39, 0.29) is 17.0 Å². The van der Waals surface area contributed by atoms with Gasteiger partial charge in [-0.2, -0.15) is 0 Å². The fraction of sp³-hybridized carbons (Fsp3) is 0.500. The second-order valence-corrected chi connectivity index (χ2v) is 15.0. The van der Waals surface area contributed by atoms with Crippen LogP contribution in [0.4, 0.5) is 0 Å². The van der Waals surface area contributed by atoms with Crippen molar-refractivity contribution in [3.8, 4) is 16.9 Å². The maximum absolute atomic E-state index is 12.7. The molecule has 1 fully saturated rings. The maximum Gasteiger partial charge on any atom is 0.223 e. The molecule has 1 heterocycles. The first-order valence-corrected chi connectivity index (χ1v) is 14.1. The summed E-state index contributed by atoms with van der Waals surface area (Å²) < 4.78 is 12.1. The average Bonchev–Trinajstić information content (AvgIpc) is 3.05. The van der Waals surface area contributed by atoms with Gasteiger partial charge in [-0.25, -0.2) is 0 Å². The highest BCUT2D eigenvalue weighted by atomic mass is 28.4. The molecule has 1 aliphatic rings. The lowest BCUT2D eigenvalue weighted by atomic mass is 10.00. The van der Waals surface area contributed by atoms with Crippen LogP contribution in [0.15, 0.2) is 42.5 Å². The summed E-state index contributed by atoms with van der Waals surface area (Å²) in [5.41, 5.74) is 4.51. The zero-order valence-electron chi connectivity index (χ0n) is 20.1. The van der Waals surface area contributed by atoms with Gasteiger partial charge in [0.15, 0.2) is 8.32 Å². The number of benzene rings is 2. The van der Waals surface area contributed by atoms with Gasteiger partial charge < -0.3 is 14.1 Å². The molecular formula is C26H37NO3Si. The normalized spacial score (nSPS) is 17.3. The zero-order valence-corrected chi connectivity index (χ0v) is 21.1. The predicted octanol–water partition coefficient (Wildman–Crippen LogP) is 6.18. The summed E-state index contributed by atoms with van der Waals surface area (Å²) in [7, 11) is -0.141. The number of hydrogen-bond acceptors (Lipinski definition) is 3. The number of carbonyl (C=O) groups excluding carboxylic acids is 1. The molecule has 0 aliphatic carbocycles. The third kappa shape index (κ3) is 5.39. The van der Waals surface area contributed by atoms with Crippen LogP contribution in [0.5, 0.6) is 5.75 Å². The Bertz CT molecular complexity index is 932. The molecule has 5 heteroatoms. The van der Waals surface area contributed by atoms with Crippen molar-refractivity contribution in [3.63, 3.8) is 0 Å². The number of nitrogens with zero attached hydrogens (tertiary/aromatic N) is 1. The van der Waals surface area contributed by atoms with E-state index in [0.717, 1.165) is 28.9 Å². The summed E-state index contributed by atoms with van der Waals surface area (Å²) in [5.74, 6) is 1.07. The molecular weight excluding hydrogens is 402 g/mol. The Morgan fingerprint density at radius 3 is 2.52 bits per heavy atom. The molecule has 0 spiro atoms. The molecule has 3 rings (SSSR count). The number of rotatable bonds is 7. The molecule has 0 radical (unpaired) electrons. The van der Waals surface area contributed by atoms with Crippen molar-refractivity contribution in [2.45, 2.75) is 71.3 Å². The van der Waals surface area contributed by atoms with Gasteiger partial charge >= 0.3 is 0 Å². The van der Waals surface area contributed by atoms with Crippen LogP contribution in [0, 0.1) is 6.92 Å². The molecule has 1 amide bonds. The monoisotopic (exact) mass is 439 g/mol. The molecule has 0 unspecified atom stereocenters. The number of hydrogen-bond donors (Lipinski definition) is 0. The minimum atomic E-state index is -1.84. The molecule has 1 aliphatic heterocycles. The first-order chi connectivity index (χ1) is 14.5. The highest BCUT2D eigenvalue weighted by molar-refractivity contribution is 6.74. The Morgan fingerprint density at radius 1 is 1.13 bits per heavy atom. The number of aryl methyl sites for hydroxylation is 1. The standard InChI is InChI=1S/C26H37NO3Si/c1-19-9-8-10-21(15-19)23-16-20(11-13-24(23)29-5)17-27-22(12-14-25(27)28)18-30-31(6,7)26(2,3)4/h8-11,13,15-16,22H,12,14,17-18H2,1-7H3/t22-/m0/s1. The maximum atomic E-state index is 12.7. The molecule has 0 N–H and O–H groups in total. The topological polar surface area (TPSA) is 38.8 Å². The van der Waals surface area contributed by atoms with Crippen LogP contribution in [-0.4, -0.2) is 38.9 Å². The highest BCUT2D eigenvalue weighted by Gasteiger charge is 2.39. The van der Waals surface area contributed by atoms with E-state index < -0.39 is 8.32 Å². The van der Waals surface area contributed by atoms with Crippen molar-refractivity contribution in [1.82, 2.24) is 4.90 Å². The summed E-state index contributed by atoms with van der Waals surface area (Å²) in [6.45, 7) is 14.6. The third-order valence-corrected chi connectivity index (χ3v) is 11.3. The second-order valence-electron chi connectivity index (χ2n) is 10.2. The van der Waals surface area contributed by atoms with E-state index >= 15 is 0 Å². The van der Waals surface area contributed by atoms with E-state index in [0.29, 0.717) is 19.6 Å². The lowest BCUT2D eigenvalue weighted by Gasteiger charge is -2.38. The van der Waals surface area contributed by atoms with Gasteiger partial charge in [0, 0.05) is 18.5 Å². The molecule has 1 atom stereocenters. The van der Waals surface area contributed by atoms with Gasteiger partial charge in [-0.1, -0.05) is 56.7 Å². The van der Waals surface area contributed by atoms with Crippen LogP contribution in [-0.2, 0) is 15.8 Å². The molecule has 1 saturated heterocycles. The van der Waals surface area contributed by atoms with Gasteiger partial charge in [-0.15, -0.1) is 0 Å². The smallest absolute Gasteiger partial charge is 0.223 e. The van der Waals surface area contributed by atoms with Gasteiger partial charge in [0.2, 0.25) is 5.91 Å². The predicted molar refractivity (Wildman–Crippen MR) is 130 cm³/mol. The van der Waals surface area contributed by atoms with Crippen LogP contribution in [0.25, 0.3) is 11.1 Å². The summed E-state index contributed by atoms with van der Waals surface area (Å²) in [4.78, 5) is 14.7. The second kappa shape index (κ2) is 9.17. The minimum absolute atomic E-state index is 0.145. The fourth-order valence-electron chi connectivity index (χ4n) is 3.79. The van der Waals surface area contributed by atoms with Crippen molar-refractivity contribution < 1.29 is 14.0 Å². The molecule has 0 saturated carbocycles. The zero-order chi connectivity index (χ0) is 22.8. The molecule has 0 aromatic heterocycles. The minimum Gasteiger partial charge on any atom is -0.496 e. The van der Waals surface area contributed by atoms with Gasteiger partial charge in [0.1, 0.15) is 5.75 Å². The Hall–Kier alpha value is -2.11. The van der Waals surface area contributed by atoms with Gasteiger partial charge in [0.05, 0.1) is 19.8 Å². The molecule has 168 valence electrons. The number of carbonyl (C=O) groups is 1. The SMILES string of the molecule is COc1ccc(CN2C(=O)CC[C@H]2CO[Si](C)(C)C(C)(C)C)cc1-c1cccc(C)c1. The first-order valence-electron chi connectivity index (χ1n) is 11.2. The number of ether oxygens (including phenoxy) is 1. The highest BCUT2D eigenvalue weighted by Crippen LogP contribution is 2.37. The summed E-state index contributed by atoms with van der Waals surface area (Å²) >= 11 is 0. The van der Waals surface area contributed by atoms with Gasteiger partial charge in [-0.3, -0.25) is 4.79 Å². The number of likely N-dealkylation sites (tertiary alicyclic amines) is 1. The number of amides is 1. The Morgan fingerprint density at radius 2 is 1.87 bits per heavy atom. The van der Waals surface area contributed by atoms with E-state index in [1.165, 1.54) is 5.56 Å². The third-order valence-electron chi connectivity index (χ3n) is 6.84. The Kier molecular flexibility index (Phi) is 6.97. The quantitative estimate of drug-likeness (QED) is 0.483. The number of methoxy groups -OCH3 is 1. The van der Waals surface area contributed by atoms with Crippen molar-refractivity contribution in [1.29, 1.82) is 0 Å². The van der Waals surface area contributed by atoms with E-state index in [2.05, 4.69) is 77.2 Å². The van der Waals surface area contributed by atoms with Crippen molar-refractivity contribution in [2.24, 2.45) is 0 Å². The fourth-order valence-corrected chi connectivity index (χ4v) is 4.84. The lowest BCUT2D eigenvalue weighted by Crippen LogP contribution is -2.45. The van der Waals surface area contributed by atoms with Crippen LogP contribution in [0.3, 0.4) is 0 Å². The lowest BCUT2D eigenvalue weighted by molar-refractivity contribution is -0.130. The summed E-state index contributed by atoms with van der Waals surface area (Å²) in [6.07, 6.45) is 1.47. The van der Waals surface area contributed by atoms with Gasteiger partial charge in [-0.05, 0) is 54.7 Å². The van der Waals surface area contributed by atoms with E-state index in [4.69, 9.17) is 9.16 Å². The molecule has 2 aromatic carbocycles. The van der Waals surface area contributed by atoms with Crippen LogP contribution >= 0.6 is 0 Å². The van der Waals surface area contributed by atoms with E-state index in [9.17, 15) is 4.79 Å². The van der Waals surface area contributed by atoms with Gasteiger partial charge in [0.25, 0.3) is 0 Å². The largest absolute Gasteiger partial charge is 0.496 e. The van der Waals surface area contributed by atoms with E-state index in [1.54, 1.807) is 7.11 Å². The van der Waals surface area contributed by atoms with Crippen LogP contribution in [0.1, 0.15) is 44.7 Å². The van der Waals surface area contributed by atoms with E-state index in [1.807, 2.05) is 11.0 Å². The molecule has 2 aromatic rings. The molecule has 4 nitrogen and oxygen atoms in total. The average molecular weight is 440 g/mol. The van der Waals surface area contributed by atoms with Crippen LogP contribution < -0.4 is 4.74 Å². The van der Waals surface area contributed by atoms with Crippen molar-refractivity contribution in [2.75, 3.05) is 13.7 Å². The molecule has 31 heavy (non-hydrogen) atoms.